The molecule has 1 atom stereocenters. The van der Waals surface area contributed by atoms with E-state index >= 15 is 0 Å². The maximum atomic E-state index is 12.0. The third-order valence-corrected chi connectivity index (χ3v) is 3.68. The summed E-state index contributed by atoms with van der Waals surface area (Å²) >= 11 is 0. The molecule has 0 aliphatic rings. The summed E-state index contributed by atoms with van der Waals surface area (Å²) in [6, 6.07) is 2.65. The van der Waals surface area contributed by atoms with Gasteiger partial charge in [0.2, 0.25) is 5.91 Å². The van der Waals surface area contributed by atoms with E-state index in [2.05, 4.69) is 20.6 Å². The minimum atomic E-state index is -0.632. The molecular weight excluding hydrogens is 324 g/mol. The molecule has 3 amide bonds. The Bertz CT molecular complexity index is 764. The van der Waals surface area contributed by atoms with Crippen LogP contribution in [0.4, 0.5) is 0 Å². The largest absolute Gasteiger partial charge is 0.364 e. The second-order valence-electron chi connectivity index (χ2n) is 5.78. The molecule has 0 radical (unpaired) electrons. The number of nitrogens with zero attached hydrogens (tertiary/aromatic N) is 2. The zero-order chi connectivity index (χ0) is 18.4. The highest BCUT2D eigenvalue weighted by Gasteiger charge is 2.14. The number of rotatable bonds is 8. The highest BCUT2D eigenvalue weighted by molar-refractivity contribution is 5.96. The van der Waals surface area contributed by atoms with Crippen LogP contribution in [0.5, 0.6) is 0 Å². The summed E-state index contributed by atoms with van der Waals surface area (Å²) in [4.78, 5) is 41.7. The molecule has 2 aromatic heterocycles. The summed E-state index contributed by atoms with van der Waals surface area (Å²) in [6.07, 6.45) is 4.39. The highest BCUT2D eigenvalue weighted by Crippen LogP contribution is 2.02. The van der Waals surface area contributed by atoms with Crippen molar-refractivity contribution in [2.24, 2.45) is 12.8 Å². The molecule has 5 N–H and O–H groups in total. The molecule has 0 saturated carbocycles. The predicted molar refractivity (Wildman–Crippen MR) is 90.8 cm³/mol. The zero-order valence-electron chi connectivity index (χ0n) is 14.2. The maximum Gasteiger partial charge on any atom is 0.267 e. The third kappa shape index (κ3) is 5.20. The monoisotopic (exact) mass is 346 g/mol. The van der Waals surface area contributed by atoms with Gasteiger partial charge in [0, 0.05) is 44.9 Å². The second-order valence-corrected chi connectivity index (χ2v) is 5.78. The number of hydrogen-bond acceptors (Lipinski definition) is 4. The number of hydrogen-bond donors (Lipinski definition) is 4. The van der Waals surface area contributed by atoms with Crippen molar-refractivity contribution in [3.63, 3.8) is 0 Å². The van der Waals surface area contributed by atoms with Crippen molar-refractivity contribution in [1.29, 1.82) is 0 Å². The molecule has 0 unspecified atom stereocenters. The van der Waals surface area contributed by atoms with Gasteiger partial charge < -0.3 is 25.9 Å². The average molecular weight is 346 g/mol. The number of primary amides is 1. The van der Waals surface area contributed by atoms with E-state index in [0.29, 0.717) is 19.4 Å². The van der Waals surface area contributed by atoms with Crippen molar-refractivity contribution in [1.82, 2.24) is 25.2 Å². The summed E-state index contributed by atoms with van der Waals surface area (Å²) in [6.45, 7) is 2.07. The van der Waals surface area contributed by atoms with E-state index in [1.807, 2.05) is 17.8 Å². The van der Waals surface area contributed by atoms with Gasteiger partial charge in [-0.05, 0) is 19.1 Å². The van der Waals surface area contributed by atoms with Crippen LogP contribution in [0.2, 0.25) is 0 Å². The van der Waals surface area contributed by atoms with Crippen LogP contribution < -0.4 is 16.4 Å². The lowest BCUT2D eigenvalue weighted by molar-refractivity contribution is -0.121. The number of amides is 3. The molecule has 2 heterocycles. The lowest BCUT2D eigenvalue weighted by Crippen LogP contribution is -2.42. The Balaban J connectivity index is 1.73. The number of H-pyrrole nitrogens is 1. The average Bonchev–Trinajstić information content (AvgIpc) is 3.20. The minimum absolute atomic E-state index is 0.111. The van der Waals surface area contributed by atoms with E-state index in [1.54, 1.807) is 13.1 Å². The van der Waals surface area contributed by atoms with Gasteiger partial charge in [-0.25, -0.2) is 4.98 Å². The van der Waals surface area contributed by atoms with Gasteiger partial charge in [-0.15, -0.1) is 0 Å². The van der Waals surface area contributed by atoms with Crippen molar-refractivity contribution in [3.8, 4) is 0 Å². The van der Waals surface area contributed by atoms with Gasteiger partial charge >= 0.3 is 0 Å². The summed E-state index contributed by atoms with van der Waals surface area (Å²) in [5.74, 6) is -0.275. The molecule has 0 fully saturated rings. The number of carbonyl (C=O) groups is 3. The van der Waals surface area contributed by atoms with Gasteiger partial charge in [0.15, 0.2) is 0 Å². The van der Waals surface area contributed by atoms with Gasteiger partial charge in [-0.1, -0.05) is 0 Å². The number of aromatic amines is 1. The van der Waals surface area contributed by atoms with Gasteiger partial charge in [0.25, 0.3) is 11.8 Å². The minimum Gasteiger partial charge on any atom is -0.364 e. The number of aromatic nitrogens is 3. The molecule has 9 heteroatoms. The Morgan fingerprint density at radius 1 is 1.32 bits per heavy atom. The number of carbonyl (C=O) groups excluding carboxylic acids is 3. The van der Waals surface area contributed by atoms with Crippen molar-refractivity contribution in [2.75, 3.05) is 6.54 Å². The second kappa shape index (κ2) is 8.13. The smallest absolute Gasteiger partial charge is 0.267 e. The zero-order valence-corrected chi connectivity index (χ0v) is 14.2. The summed E-state index contributed by atoms with van der Waals surface area (Å²) < 4.78 is 1.87. The third-order valence-electron chi connectivity index (χ3n) is 3.68. The van der Waals surface area contributed by atoms with Crippen LogP contribution in [-0.4, -0.2) is 44.8 Å². The van der Waals surface area contributed by atoms with E-state index in [0.717, 1.165) is 5.82 Å². The van der Waals surface area contributed by atoms with E-state index in [4.69, 9.17) is 5.73 Å². The standard InChI is InChI=1S/C16H22N6O3/c1-10(20-16(25)12-4-3-11(21-12)15(17)24)9-19-14(23)6-5-13-18-7-8-22(13)2/h3-4,7-8,10,21H,5-6,9H2,1-2H3,(H2,17,24)(H,19,23)(H,20,25)/t10-/m0/s1. The first-order chi connectivity index (χ1) is 11.9. The normalized spacial score (nSPS) is 11.8. The highest BCUT2D eigenvalue weighted by atomic mass is 16.2. The van der Waals surface area contributed by atoms with Crippen LogP contribution in [-0.2, 0) is 18.3 Å². The Labute approximate surface area is 145 Å². The molecule has 0 bridgehead atoms. The fourth-order valence-corrected chi connectivity index (χ4v) is 2.24. The quantitative estimate of drug-likeness (QED) is 0.522. The Morgan fingerprint density at radius 3 is 2.64 bits per heavy atom. The lowest BCUT2D eigenvalue weighted by Gasteiger charge is -2.14. The molecule has 0 aromatic carbocycles. The van der Waals surface area contributed by atoms with Crippen LogP contribution in [0.3, 0.4) is 0 Å². The molecular formula is C16H22N6O3. The molecule has 0 saturated heterocycles. The van der Waals surface area contributed by atoms with E-state index in [9.17, 15) is 14.4 Å². The van der Waals surface area contributed by atoms with Crippen LogP contribution in [0, 0.1) is 0 Å². The summed E-state index contributed by atoms with van der Waals surface area (Å²) in [5, 5.41) is 5.50. The van der Waals surface area contributed by atoms with E-state index < -0.39 is 5.91 Å². The number of imidazole rings is 1. The van der Waals surface area contributed by atoms with Crippen molar-refractivity contribution in [2.45, 2.75) is 25.8 Å². The summed E-state index contributed by atoms with van der Waals surface area (Å²) in [7, 11) is 1.88. The van der Waals surface area contributed by atoms with Gasteiger partial charge in [0.1, 0.15) is 17.2 Å². The first-order valence-electron chi connectivity index (χ1n) is 7.89. The number of nitrogens with two attached hydrogens (primary N) is 1. The van der Waals surface area contributed by atoms with E-state index in [1.165, 1.54) is 12.1 Å². The Morgan fingerprint density at radius 2 is 2.04 bits per heavy atom. The molecule has 25 heavy (non-hydrogen) atoms. The molecule has 9 nitrogen and oxygen atoms in total. The van der Waals surface area contributed by atoms with Crippen molar-refractivity contribution < 1.29 is 14.4 Å². The fourth-order valence-electron chi connectivity index (χ4n) is 2.24. The summed E-state index contributed by atoms with van der Waals surface area (Å²) in [5.41, 5.74) is 5.53. The molecule has 0 spiro atoms. The number of aryl methyl sites for hydroxylation is 2. The van der Waals surface area contributed by atoms with Crippen LogP contribution >= 0.6 is 0 Å². The van der Waals surface area contributed by atoms with Gasteiger partial charge in [-0.3, -0.25) is 14.4 Å². The Kier molecular flexibility index (Phi) is 5.93. The van der Waals surface area contributed by atoms with Crippen LogP contribution in [0.25, 0.3) is 0 Å². The van der Waals surface area contributed by atoms with Crippen molar-refractivity contribution in [3.05, 3.63) is 41.7 Å². The molecule has 0 aliphatic carbocycles. The number of nitrogens with one attached hydrogen (secondary N) is 3. The van der Waals surface area contributed by atoms with Gasteiger partial charge in [-0.2, -0.15) is 0 Å². The van der Waals surface area contributed by atoms with Gasteiger partial charge in [0.05, 0.1) is 0 Å². The SMILES string of the molecule is C[C@@H](CNC(=O)CCc1nccn1C)NC(=O)c1ccc(C(N)=O)[nH]1. The fraction of sp³-hybridized carbons (Fsp3) is 0.375. The topological polar surface area (TPSA) is 135 Å². The maximum absolute atomic E-state index is 12.0. The molecule has 0 aliphatic heterocycles. The molecule has 2 aromatic rings. The first-order valence-corrected chi connectivity index (χ1v) is 7.89. The van der Waals surface area contributed by atoms with Crippen molar-refractivity contribution >= 4 is 17.7 Å². The molecule has 134 valence electrons. The predicted octanol–water partition coefficient (Wildman–Crippen LogP) is -0.286. The lowest BCUT2D eigenvalue weighted by atomic mass is 10.2. The molecule has 2 rings (SSSR count). The van der Waals surface area contributed by atoms with E-state index in [-0.39, 0.29) is 29.2 Å². The van der Waals surface area contributed by atoms with Crippen LogP contribution in [0.1, 0.15) is 40.1 Å². The first kappa shape index (κ1) is 18.2. The van der Waals surface area contributed by atoms with Crippen LogP contribution in [0.15, 0.2) is 24.5 Å². The Hall–Kier alpha value is -3.10.